The molecular weight excluding hydrogens is 232 g/mol. The maximum Gasteiger partial charge on any atom is 0.0110 e. The molecule has 2 aliphatic rings. The molecule has 0 amide bonds. The monoisotopic (exact) mass is 266 g/mol. The van der Waals surface area contributed by atoms with E-state index in [-0.39, 0.29) is 0 Å². The third-order valence-corrected chi connectivity index (χ3v) is 4.83. The van der Waals surface area contributed by atoms with Crippen molar-refractivity contribution in [2.24, 2.45) is 11.8 Å². The molecule has 0 aromatic heterocycles. The van der Waals surface area contributed by atoms with Crippen LogP contribution >= 0.6 is 0 Å². The van der Waals surface area contributed by atoms with E-state index in [1.807, 2.05) is 0 Å². The van der Waals surface area contributed by atoms with Crippen LogP contribution in [0.15, 0.2) is 0 Å². The van der Waals surface area contributed by atoms with Crippen molar-refractivity contribution in [2.75, 3.05) is 19.6 Å². The standard InChI is InChI=1S/C17H34N2/c1-14(2)9-11-19(17-7-8-17)12-10-18-16-6-4-5-15(3)13-16/h14-18H,4-13H2,1-3H3. The molecule has 0 radical (unpaired) electrons. The van der Waals surface area contributed by atoms with Crippen molar-refractivity contribution in [3.05, 3.63) is 0 Å². The number of nitrogens with one attached hydrogen (secondary N) is 1. The number of hydrogen-bond donors (Lipinski definition) is 1. The van der Waals surface area contributed by atoms with E-state index >= 15 is 0 Å². The summed E-state index contributed by atoms with van der Waals surface area (Å²) < 4.78 is 0. The Morgan fingerprint density at radius 3 is 2.53 bits per heavy atom. The van der Waals surface area contributed by atoms with E-state index in [1.165, 1.54) is 64.6 Å². The zero-order valence-corrected chi connectivity index (χ0v) is 13.3. The van der Waals surface area contributed by atoms with Gasteiger partial charge in [0.15, 0.2) is 0 Å². The van der Waals surface area contributed by atoms with Gasteiger partial charge >= 0.3 is 0 Å². The molecule has 0 aromatic carbocycles. The van der Waals surface area contributed by atoms with E-state index in [9.17, 15) is 0 Å². The normalized spacial score (nSPS) is 28.3. The van der Waals surface area contributed by atoms with Crippen LogP contribution in [-0.4, -0.2) is 36.6 Å². The molecule has 2 heteroatoms. The van der Waals surface area contributed by atoms with E-state index in [2.05, 4.69) is 31.0 Å². The van der Waals surface area contributed by atoms with Crippen LogP contribution < -0.4 is 5.32 Å². The maximum atomic E-state index is 3.81. The lowest BCUT2D eigenvalue weighted by molar-refractivity contribution is 0.233. The second kappa shape index (κ2) is 7.64. The van der Waals surface area contributed by atoms with Gasteiger partial charge in [-0.2, -0.15) is 0 Å². The molecule has 1 N–H and O–H groups in total. The number of hydrogen-bond acceptors (Lipinski definition) is 2. The molecular formula is C17H34N2. The van der Waals surface area contributed by atoms with Gasteiger partial charge in [-0.3, -0.25) is 4.90 Å². The highest BCUT2D eigenvalue weighted by atomic mass is 15.2. The number of nitrogens with zero attached hydrogens (tertiary/aromatic N) is 1. The highest BCUT2D eigenvalue weighted by Crippen LogP contribution is 2.27. The molecule has 0 aliphatic heterocycles. The van der Waals surface area contributed by atoms with Crippen LogP contribution in [-0.2, 0) is 0 Å². The van der Waals surface area contributed by atoms with Crippen LogP contribution in [0.4, 0.5) is 0 Å². The third-order valence-electron chi connectivity index (χ3n) is 4.83. The van der Waals surface area contributed by atoms with Gasteiger partial charge in [0.25, 0.3) is 0 Å². The minimum Gasteiger partial charge on any atom is -0.313 e. The van der Waals surface area contributed by atoms with Crippen molar-refractivity contribution in [1.82, 2.24) is 10.2 Å². The second-order valence-corrected chi connectivity index (χ2v) is 7.37. The molecule has 2 fully saturated rings. The summed E-state index contributed by atoms with van der Waals surface area (Å²) in [5, 5.41) is 3.81. The van der Waals surface area contributed by atoms with Crippen LogP contribution in [0, 0.1) is 11.8 Å². The smallest absolute Gasteiger partial charge is 0.0110 e. The van der Waals surface area contributed by atoms with Crippen molar-refractivity contribution in [3.8, 4) is 0 Å². The van der Waals surface area contributed by atoms with Crippen molar-refractivity contribution in [3.63, 3.8) is 0 Å². The van der Waals surface area contributed by atoms with Crippen molar-refractivity contribution >= 4 is 0 Å². The maximum absolute atomic E-state index is 3.81. The van der Waals surface area contributed by atoms with Crippen LogP contribution in [0.3, 0.4) is 0 Å². The lowest BCUT2D eigenvalue weighted by Crippen LogP contribution is -2.40. The Morgan fingerprint density at radius 1 is 1.11 bits per heavy atom. The minimum absolute atomic E-state index is 0.801. The summed E-state index contributed by atoms with van der Waals surface area (Å²) in [5.74, 6) is 1.78. The molecule has 19 heavy (non-hydrogen) atoms. The fraction of sp³-hybridized carbons (Fsp3) is 1.00. The Kier molecular flexibility index (Phi) is 6.15. The zero-order chi connectivity index (χ0) is 13.7. The van der Waals surface area contributed by atoms with Crippen molar-refractivity contribution in [2.45, 2.75) is 77.8 Å². The highest BCUT2D eigenvalue weighted by molar-refractivity contribution is 4.85. The molecule has 2 rings (SSSR count). The molecule has 2 aliphatic carbocycles. The fourth-order valence-electron chi connectivity index (χ4n) is 3.37. The van der Waals surface area contributed by atoms with E-state index in [4.69, 9.17) is 0 Å². The summed E-state index contributed by atoms with van der Waals surface area (Å²) >= 11 is 0. The van der Waals surface area contributed by atoms with Gasteiger partial charge in [-0.1, -0.05) is 33.6 Å². The predicted octanol–water partition coefficient (Wildman–Crippen LogP) is 3.67. The van der Waals surface area contributed by atoms with Gasteiger partial charge in [0, 0.05) is 25.2 Å². The molecule has 0 heterocycles. The Hall–Kier alpha value is -0.0800. The summed E-state index contributed by atoms with van der Waals surface area (Å²) in [4.78, 5) is 2.74. The molecule has 0 spiro atoms. The largest absolute Gasteiger partial charge is 0.313 e. The summed E-state index contributed by atoms with van der Waals surface area (Å²) in [5.41, 5.74) is 0. The topological polar surface area (TPSA) is 15.3 Å². The number of rotatable bonds is 8. The predicted molar refractivity (Wildman–Crippen MR) is 83.5 cm³/mol. The Bertz CT molecular complexity index is 248. The molecule has 0 saturated heterocycles. The molecule has 0 aromatic rings. The lowest BCUT2D eigenvalue weighted by atomic mass is 9.87. The first kappa shape index (κ1) is 15.3. The van der Waals surface area contributed by atoms with Gasteiger partial charge in [-0.25, -0.2) is 0 Å². The van der Waals surface area contributed by atoms with Gasteiger partial charge in [0.1, 0.15) is 0 Å². The summed E-state index contributed by atoms with van der Waals surface area (Å²) in [6.45, 7) is 10.9. The second-order valence-electron chi connectivity index (χ2n) is 7.37. The molecule has 2 unspecified atom stereocenters. The van der Waals surface area contributed by atoms with Gasteiger partial charge in [0.2, 0.25) is 0 Å². The Balaban J connectivity index is 1.61. The molecule has 112 valence electrons. The first-order chi connectivity index (χ1) is 9.15. The summed E-state index contributed by atoms with van der Waals surface area (Å²) in [6.07, 6.45) is 9.92. The Morgan fingerprint density at radius 2 is 1.89 bits per heavy atom. The van der Waals surface area contributed by atoms with Gasteiger partial charge in [-0.05, 0) is 50.5 Å². The quantitative estimate of drug-likeness (QED) is 0.721. The van der Waals surface area contributed by atoms with E-state index in [0.29, 0.717) is 0 Å². The first-order valence-electron chi connectivity index (χ1n) is 8.62. The van der Waals surface area contributed by atoms with Gasteiger partial charge in [-0.15, -0.1) is 0 Å². The third kappa shape index (κ3) is 5.83. The van der Waals surface area contributed by atoms with Crippen LogP contribution in [0.5, 0.6) is 0 Å². The van der Waals surface area contributed by atoms with E-state index < -0.39 is 0 Å². The van der Waals surface area contributed by atoms with Crippen LogP contribution in [0.1, 0.15) is 65.7 Å². The molecule has 2 nitrogen and oxygen atoms in total. The average Bonchev–Trinajstić information content (AvgIpc) is 3.17. The summed E-state index contributed by atoms with van der Waals surface area (Å²) in [7, 11) is 0. The van der Waals surface area contributed by atoms with Gasteiger partial charge in [0.05, 0.1) is 0 Å². The summed E-state index contributed by atoms with van der Waals surface area (Å²) in [6, 6.07) is 1.72. The van der Waals surface area contributed by atoms with E-state index in [0.717, 1.165) is 23.9 Å². The SMILES string of the molecule is CC(C)CCN(CCNC1CCCC(C)C1)C1CC1. The van der Waals surface area contributed by atoms with E-state index in [1.54, 1.807) is 0 Å². The molecule has 2 saturated carbocycles. The van der Waals surface area contributed by atoms with Crippen molar-refractivity contribution < 1.29 is 0 Å². The van der Waals surface area contributed by atoms with Crippen LogP contribution in [0.25, 0.3) is 0 Å². The minimum atomic E-state index is 0.801. The van der Waals surface area contributed by atoms with Crippen LogP contribution in [0.2, 0.25) is 0 Å². The zero-order valence-electron chi connectivity index (χ0n) is 13.3. The average molecular weight is 266 g/mol. The lowest BCUT2D eigenvalue weighted by Gasteiger charge is -2.29. The van der Waals surface area contributed by atoms with Gasteiger partial charge < -0.3 is 5.32 Å². The Labute approximate surface area is 120 Å². The highest BCUT2D eigenvalue weighted by Gasteiger charge is 2.28. The molecule has 2 atom stereocenters. The molecule has 0 bridgehead atoms. The first-order valence-corrected chi connectivity index (χ1v) is 8.62. The fourth-order valence-corrected chi connectivity index (χ4v) is 3.37. The van der Waals surface area contributed by atoms with Crippen molar-refractivity contribution in [1.29, 1.82) is 0 Å².